The van der Waals surface area contributed by atoms with Gasteiger partial charge in [0.1, 0.15) is 0 Å². The molecule has 2 aliphatic rings. The zero-order valence-electron chi connectivity index (χ0n) is 11.1. The van der Waals surface area contributed by atoms with Crippen molar-refractivity contribution in [2.24, 2.45) is 5.92 Å². The van der Waals surface area contributed by atoms with E-state index in [0.29, 0.717) is 18.5 Å². The highest BCUT2D eigenvalue weighted by atomic mass is 16.2. The molecule has 3 nitrogen and oxygen atoms in total. The Balaban J connectivity index is 1.76. The van der Waals surface area contributed by atoms with E-state index in [1.165, 1.54) is 38.5 Å². The van der Waals surface area contributed by atoms with Crippen LogP contribution in [0.1, 0.15) is 51.9 Å². The van der Waals surface area contributed by atoms with Gasteiger partial charge in [-0.3, -0.25) is 4.79 Å². The minimum absolute atomic E-state index is 0.319. The first-order chi connectivity index (χ1) is 8.31. The number of hydrogen-bond acceptors (Lipinski definition) is 2. The maximum Gasteiger partial charge on any atom is 0.236 e. The van der Waals surface area contributed by atoms with Gasteiger partial charge in [-0.05, 0) is 44.6 Å². The molecule has 1 aliphatic carbocycles. The second-order valence-corrected chi connectivity index (χ2v) is 5.57. The number of amides is 1. The molecular weight excluding hydrogens is 212 g/mol. The fraction of sp³-hybridized carbons (Fsp3) is 0.929. The third-order valence-corrected chi connectivity index (χ3v) is 4.07. The molecule has 1 saturated heterocycles. The lowest BCUT2D eigenvalue weighted by Crippen LogP contribution is -2.44. The van der Waals surface area contributed by atoms with Crippen LogP contribution in [0.15, 0.2) is 0 Å². The maximum atomic E-state index is 12.2. The summed E-state index contributed by atoms with van der Waals surface area (Å²) < 4.78 is 0. The van der Waals surface area contributed by atoms with Crippen molar-refractivity contribution in [1.29, 1.82) is 0 Å². The van der Waals surface area contributed by atoms with Crippen LogP contribution in [0.3, 0.4) is 0 Å². The zero-order valence-corrected chi connectivity index (χ0v) is 11.1. The molecule has 0 aromatic heterocycles. The average molecular weight is 238 g/mol. The highest BCUT2D eigenvalue weighted by Crippen LogP contribution is 2.27. The van der Waals surface area contributed by atoms with Gasteiger partial charge in [-0.25, -0.2) is 0 Å². The lowest BCUT2D eigenvalue weighted by atomic mass is 10.1. The molecule has 0 aromatic rings. The quantitative estimate of drug-likeness (QED) is 0.796. The van der Waals surface area contributed by atoms with Crippen molar-refractivity contribution in [2.45, 2.75) is 57.9 Å². The fourth-order valence-corrected chi connectivity index (χ4v) is 2.74. The molecule has 0 spiro atoms. The van der Waals surface area contributed by atoms with E-state index in [4.69, 9.17) is 0 Å². The van der Waals surface area contributed by atoms with Crippen LogP contribution in [0.2, 0.25) is 0 Å². The minimum Gasteiger partial charge on any atom is -0.339 e. The molecule has 0 aromatic carbocycles. The summed E-state index contributed by atoms with van der Waals surface area (Å²) in [5, 5.41) is 3.32. The van der Waals surface area contributed by atoms with Crippen molar-refractivity contribution in [2.75, 3.05) is 19.6 Å². The molecule has 17 heavy (non-hydrogen) atoms. The van der Waals surface area contributed by atoms with Crippen molar-refractivity contribution in [3.8, 4) is 0 Å². The number of carbonyl (C=O) groups excluding carboxylic acids is 1. The SMILES string of the molecule is CCC1CCCCCN1C(=O)CNCC1CC1. The Hall–Kier alpha value is -0.570. The number of nitrogens with zero attached hydrogens (tertiary/aromatic N) is 1. The third kappa shape index (κ3) is 3.98. The first kappa shape index (κ1) is 12.9. The number of likely N-dealkylation sites (tertiary alicyclic amines) is 1. The van der Waals surface area contributed by atoms with Crippen LogP contribution in [-0.4, -0.2) is 36.5 Å². The van der Waals surface area contributed by atoms with Gasteiger partial charge >= 0.3 is 0 Å². The normalized spacial score (nSPS) is 25.7. The van der Waals surface area contributed by atoms with E-state index in [0.717, 1.165) is 25.4 Å². The number of carbonyl (C=O) groups is 1. The summed E-state index contributed by atoms with van der Waals surface area (Å²) in [5.74, 6) is 1.17. The van der Waals surface area contributed by atoms with E-state index in [9.17, 15) is 4.79 Å². The molecule has 1 atom stereocenters. The predicted octanol–water partition coefficient (Wildman–Crippen LogP) is 2.17. The van der Waals surface area contributed by atoms with Gasteiger partial charge in [-0.15, -0.1) is 0 Å². The number of rotatable bonds is 5. The van der Waals surface area contributed by atoms with Gasteiger partial charge < -0.3 is 10.2 Å². The van der Waals surface area contributed by atoms with Crippen molar-refractivity contribution in [3.05, 3.63) is 0 Å². The van der Waals surface area contributed by atoms with Gasteiger partial charge in [0.25, 0.3) is 0 Å². The van der Waals surface area contributed by atoms with Crippen molar-refractivity contribution in [3.63, 3.8) is 0 Å². The summed E-state index contributed by atoms with van der Waals surface area (Å²) in [6.45, 7) is 4.76. The van der Waals surface area contributed by atoms with Crippen LogP contribution in [0.4, 0.5) is 0 Å². The second kappa shape index (κ2) is 6.39. The third-order valence-electron chi connectivity index (χ3n) is 4.07. The monoisotopic (exact) mass is 238 g/mol. The first-order valence-electron chi connectivity index (χ1n) is 7.31. The molecule has 1 aliphatic heterocycles. The Morgan fingerprint density at radius 1 is 1.24 bits per heavy atom. The van der Waals surface area contributed by atoms with Crippen molar-refractivity contribution < 1.29 is 4.79 Å². The molecule has 3 heteroatoms. The largest absolute Gasteiger partial charge is 0.339 e. The summed E-state index contributed by atoms with van der Waals surface area (Å²) in [4.78, 5) is 14.3. The van der Waals surface area contributed by atoms with Crippen LogP contribution >= 0.6 is 0 Å². The Kier molecular flexibility index (Phi) is 4.84. The lowest BCUT2D eigenvalue weighted by Gasteiger charge is -2.29. The second-order valence-electron chi connectivity index (χ2n) is 5.57. The number of nitrogens with one attached hydrogen (secondary N) is 1. The molecule has 2 rings (SSSR count). The molecule has 98 valence electrons. The van der Waals surface area contributed by atoms with Gasteiger partial charge in [0, 0.05) is 12.6 Å². The van der Waals surface area contributed by atoms with E-state index in [1.54, 1.807) is 0 Å². The van der Waals surface area contributed by atoms with Gasteiger partial charge in [-0.1, -0.05) is 19.8 Å². The van der Waals surface area contributed by atoms with E-state index in [2.05, 4.69) is 17.1 Å². The molecule has 1 N–H and O–H groups in total. The van der Waals surface area contributed by atoms with Gasteiger partial charge in [-0.2, -0.15) is 0 Å². The van der Waals surface area contributed by atoms with Crippen LogP contribution in [0.5, 0.6) is 0 Å². The molecular formula is C14H26N2O. The van der Waals surface area contributed by atoms with Crippen molar-refractivity contribution >= 4 is 5.91 Å². The summed E-state index contributed by atoms with van der Waals surface area (Å²) in [6.07, 6.45) is 8.77. The average Bonchev–Trinajstić information content (AvgIpc) is 3.14. The van der Waals surface area contributed by atoms with Crippen LogP contribution < -0.4 is 5.32 Å². The fourth-order valence-electron chi connectivity index (χ4n) is 2.74. The van der Waals surface area contributed by atoms with Crippen LogP contribution in [0, 0.1) is 5.92 Å². The summed E-state index contributed by atoms with van der Waals surface area (Å²) in [6, 6.07) is 0.493. The molecule has 1 saturated carbocycles. The summed E-state index contributed by atoms with van der Waals surface area (Å²) in [7, 11) is 0. The molecule has 0 radical (unpaired) electrons. The zero-order chi connectivity index (χ0) is 12.1. The van der Waals surface area contributed by atoms with Gasteiger partial charge in [0.05, 0.1) is 6.54 Å². The molecule has 1 amide bonds. The highest BCUT2D eigenvalue weighted by molar-refractivity contribution is 5.78. The van der Waals surface area contributed by atoms with Crippen LogP contribution in [-0.2, 0) is 4.79 Å². The Labute approximate surface area is 105 Å². The minimum atomic E-state index is 0.319. The first-order valence-corrected chi connectivity index (χ1v) is 7.31. The van der Waals surface area contributed by atoms with Crippen molar-refractivity contribution in [1.82, 2.24) is 10.2 Å². The summed E-state index contributed by atoms with van der Waals surface area (Å²) >= 11 is 0. The molecule has 0 bridgehead atoms. The van der Waals surface area contributed by atoms with E-state index < -0.39 is 0 Å². The van der Waals surface area contributed by atoms with Gasteiger partial charge in [0.15, 0.2) is 0 Å². The standard InChI is InChI=1S/C14H26N2O/c1-2-13-6-4-3-5-9-16(13)14(17)11-15-10-12-7-8-12/h12-13,15H,2-11H2,1H3. The molecule has 2 fully saturated rings. The highest BCUT2D eigenvalue weighted by Gasteiger charge is 2.25. The number of hydrogen-bond donors (Lipinski definition) is 1. The molecule has 1 unspecified atom stereocenters. The lowest BCUT2D eigenvalue weighted by molar-refractivity contribution is -0.132. The van der Waals surface area contributed by atoms with Gasteiger partial charge in [0.2, 0.25) is 5.91 Å². The van der Waals surface area contributed by atoms with E-state index in [-0.39, 0.29) is 0 Å². The Bertz CT molecular complexity index is 251. The molecule has 1 heterocycles. The smallest absolute Gasteiger partial charge is 0.236 e. The van der Waals surface area contributed by atoms with E-state index in [1.807, 2.05) is 0 Å². The topological polar surface area (TPSA) is 32.3 Å². The maximum absolute atomic E-state index is 12.2. The Morgan fingerprint density at radius 3 is 2.76 bits per heavy atom. The summed E-state index contributed by atoms with van der Waals surface area (Å²) in [5.41, 5.74) is 0. The Morgan fingerprint density at radius 2 is 2.06 bits per heavy atom. The van der Waals surface area contributed by atoms with E-state index >= 15 is 0 Å². The predicted molar refractivity (Wildman–Crippen MR) is 69.9 cm³/mol. The van der Waals surface area contributed by atoms with Crippen LogP contribution in [0.25, 0.3) is 0 Å².